The number of aryl methyl sites for hydroxylation is 1. The zero-order valence-corrected chi connectivity index (χ0v) is 10.5. The molecule has 0 saturated heterocycles. The molecule has 0 radical (unpaired) electrons. The molecule has 1 aromatic carbocycles. The third-order valence-electron chi connectivity index (χ3n) is 2.56. The van der Waals surface area contributed by atoms with E-state index in [2.05, 4.69) is 5.32 Å². The number of amides is 1. The second kappa shape index (κ2) is 6.25. The maximum Gasteiger partial charge on any atom is 0.248 e. The van der Waals surface area contributed by atoms with Crippen LogP contribution in [-0.2, 0) is 11.2 Å². The fraction of sp³-hybridized carbons (Fsp3) is 0.462. The highest BCUT2D eigenvalue weighted by atomic mass is 16.5. The number of carbonyl (C=O) groups excluding carboxylic acids is 1. The highest BCUT2D eigenvalue weighted by Gasteiger charge is 2.07. The smallest absolute Gasteiger partial charge is 0.248 e. The highest BCUT2D eigenvalue weighted by Crippen LogP contribution is 2.18. The molecule has 0 aliphatic heterocycles. The molecule has 17 heavy (non-hydrogen) atoms. The second-order valence-corrected chi connectivity index (χ2v) is 4.02. The Morgan fingerprint density at radius 2 is 2.24 bits per heavy atom. The maximum atomic E-state index is 11.1. The number of aliphatic hydroxyl groups excluding tert-OH is 1. The lowest BCUT2D eigenvalue weighted by Gasteiger charge is -2.09. The van der Waals surface area contributed by atoms with Gasteiger partial charge in [0.05, 0.1) is 7.11 Å². The van der Waals surface area contributed by atoms with Gasteiger partial charge in [-0.25, -0.2) is 0 Å². The predicted molar refractivity (Wildman–Crippen MR) is 66.1 cm³/mol. The molecule has 94 valence electrons. The SMILES string of the molecule is COc1cc(CCNC(=O)C(C)O)ccc1C. The third kappa shape index (κ3) is 4.07. The zero-order chi connectivity index (χ0) is 12.8. The van der Waals surface area contributed by atoms with Crippen LogP contribution < -0.4 is 10.1 Å². The Balaban J connectivity index is 2.50. The number of carbonyl (C=O) groups is 1. The van der Waals surface area contributed by atoms with Crippen molar-refractivity contribution in [2.75, 3.05) is 13.7 Å². The molecule has 2 N–H and O–H groups in total. The van der Waals surface area contributed by atoms with Gasteiger partial charge in [-0.05, 0) is 37.5 Å². The van der Waals surface area contributed by atoms with Gasteiger partial charge in [-0.3, -0.25) is 4.79 Å². The zero-order valence-electron chi connectivity index (χ0n) is 10.5. The van der Waals surface area contributed by atoms with Crippen molar-refractivity contribution in [1.82, 2.24) is 5.32 Å². The lowest BCUT2D eigenvalue weighted by molar-refractivity contribution is -0.128. The van der Waals surface area contributed by atoms with E-state index in [1.165, 1.54) is 6.92 Å². The second-order valence-electron chi connectivity index (χ2n) is 4.02. The molecule has 0 bridgehead atoms. The standard InChI is InChI=1S/C13H19NO3/c1-9-4-5-11(8-12(9)17-3)6-7-14-13(16)10(2)15/h4-5,8,10,15H,6-7H2,1-3H3,(H,14,16). The fourth-order valence-electron chi connectivity index (χ4n) is 1.50. The molecule has 4 nitrogen and oxygen atoms in total. The molecule has 0 aromatic heterocycles. The van der Waals surface area contributed by atoms with Crippen molar-refractivity contribution in [1.29, 1.82) is 0 Å². The highest BCUT2D eigenvalue weighted by molar-refractivity contribution is 5.79. The molecular weight excluding hydrogens is 218 g/mol. The van der Waals surface area contributed by atoms with Crippen LogP contribution in [0.3, 0.4) is 0 Å². The summed E-state index contributed by atoms with van der Waals surface area (Å²) in [4.78, 5) is 11.1. The molecule has 1 rings (SSSR count). The van der Waals surface area contributed by atoms with Crippen LogP contribution in [0.15, 0.2) is 18.2 Å². The molecule has 1 amide bonds. The average Bonchev–Trinajstić information content (AvgIpc) is 2.31. The summed E-state index contributed by atoms with van der Waals surface area (Å²) in [7, 11) is 1.64. The van der Waals surface area contributed by atoms with Crippen LogP contribution in [0.25, 0.3) is 0 Å². The Labute approximate surface area is 102 Å². The Kier molecular flexibility index (Phi) is 4.97. The lowest BCUT2D eigenvalue weighted by atomic mass is 10.1. The van der Waals surface area contributed by atoms with Gasteiger partial charge < -0.3 is 15.2 Å². The van der Waals surface area contributed by atoms with E-state index in [-0.39, 0.29) is 5.91 Å². The number of methoxy groups -OCH3 is 1. The van der Waals surface area contributed by atoms with E-state index in [0.29, 0.717) is 6.54 Å². The number of ether oxygens (including phenoxy) is 1. The lowest BCUT2D eigenvalue weighted by Crippen LogP contribution is -2.33. The largest absolute Gasteiger partial charge is 0.496 e. The average molecular weight is 237 g/mol. The third-order valence-corrected chi connectivity index (χ3v) is 2.56. The predicted octanol–water partition coefficient (Wildman–Crippen LogP) is 1.04. The van der Waals surface area contributed by atoms with E-state index in [9.17, 15) is 4.79 Å². The van der Waals surface area contributed by atoms with Gasteiger partial charge in [-0.2, -0.15) is 0 Å². The number of benzene rings is 1. The summed E-state index contributed by atoms with van der Waals surface area (Å²) in [6, 6.07) is 5.96. The first-order valence-electron chi connectivity index (χ1n) is 5.64. The first-order valence-corrected chi connectivity index (χ1v) is 5.64. The quantitative estimate of drug-likeness (QED) is 0.804. The van der Waals surface area contributed by atoms with E-state index in [1.54, 1.807) is 7.11 Å². The van der Waals surface area contributed by atoms with Crippen LogP contribution in [0.2, 0.25) is 0 Å². The molecule has 1 unspecified atom stereocenters. The van der Waals surface area contributed by atoms with Gasteiger partial charge in [0.1, 0.15) is 11.9 Å². The van der Waals surface area contributed by atoms with E-state index >= 15 is 0 Å². The van der Waals surface area contributed by atoms with Crippen LogP contribution in [0.4, 0.5) is 0 Å². The van der Waals surface area contributed by atoms with Crippen molar-refractivity contribution in [2.45, 2.75) is 26.4 Å². The Morgan fingerprint density at radius 3 is 2.82 bits per heavy atom. The Bertz CT molecular complexity index is 388. The summed E-state index contributed by atoms with van der Waals surface area (Å²) in [6.45, 7) is 3.94. The Hall–Kier alpha value is -1.55. The monoisotopic (exact) mass is 237 g/mol. The topological polar surface area (TPSA) is 58.6 Å². The summed E-state index contributed by atoms with van der Waals surface area (Å²) in [5, 5.41) is 11.7. The van der Waals surface area contributed by atoms with Crippen molar-refractivity contribution in [3.8, 4) is 5.75 Å². The van der Waals surface area contributed by atoms with Crippen molar-refractivity contribution in [3.05, 3.63) is 29.3 Å². The summed E-state index contributed by atoms with van der Waals surface area (Å²) < 4.78 is 5.22. The molecule has 0 spiro atoms. The normalized spacial score (nSPS) is 12.0. The van der Waals surface area contributed by atoms with Crippen LogP contribution in [0.1, 0.15) is 18.1 Å². The van der Waals surface area contributed by atoms with Crippen molar-refractivity contribution in [2.24, 2.45) is 0 Å². The molecule has 0 aliphatic carbocycles. The van der Waals surface area contributed by atoms with Crippen molar-refractivity contribution >= 4 is 5.91 Å². The van der Waals surface area contributed by atoms with Gasteiger partial charge in [0.15, 0.2) is 0 Å². The molecule has 4 heteroatoms. The molecule has 1 aromatic rings. The summed E-state index contributed by atoms with van der Waals surface area (Å²) in [5.74, 6) is 0.508. The number of hydrogen-bond acceptors (Lipinski definition) is 3. The van der Waals surface area contributed by atoms with Gasteiger partial charge in [-0.15, -0.1) is 0 Å². The molecule has 1 atom stereocenters. The van der Waals surface area contributed by atoms with E-state index < -0.39 is 6.10 Å². The van der Waals surface area contributed by atoms with E-state index in [4.69, 9.17) is 9.84 Å². The number of nitrogens with one attached hydrogen (secondary N) is 1. The maximum absolute atomic E-state index is 11.1. The van der Waals surface area contributed by atoms with Gasteiger partial charge in [0.2, 0.25) is 5.91 Å². The van der Waals surface area contributed by atoms with Crippen molar-refractivity contribution < 1.29 is 14.6 Å². The van der Waals surface area contributed by atoms with Gasteiger partial charge >= 0.3 is 0 Å². The number of hydrogen-bond donors (Lipinski definition) is 2. The summed E-state index contributed by atoms with van der Waals surface area (Å²) in [6.07, 6.45) is -0.239. The Morgan fingerprint density at radius 1 is 1.53 bits per heavy atom. The van der Waals surface area contributed by atoms with E-state index in [0.717, 1.165) is 23.3 Å². The number of aliphatic hydroxyl groups is 1. The molecule has 0 aliphatic rings. The minimum atomic E-state index is -0.956. The molecule has 0 fully saturated rings. The van der Waals surface area contributed by atoms with Crippen molar-refractivity contribution in [3.63, 3.8) is 0 Å². The molecular formula is C13H19NO3. The first-order chi connectivity index (χ1) is 8.04. The van der Waals surface area contributed by atoms with E-state index in [1.807, 2.05) is 25.1 Å². The first kappa shape index (κ1) is 13.5. The molecule has 0 saturated carbocycles. The summed E-state index contributed by atoms with van der Waals surface area (Å²) >= 11 is 0. The number of rotatable bonds is 5. The minimum absolute atomic E-state index is 0.343. The fourth-order valence-corrected chi connectivity index (χ4v) is 1.50. The molecule has 0 heterocycles. The van der Waals surface area contributed by atoms with Gasteiger partial charge in [0, 0.05) is 6.54 Å². The van der Waals surface area contributed by atoms with Gasteiger partial charge in [-0.1, -0.05) is 12.1 Å². The van der Waals surface area contributed by atoms with Crippen LogP contribution in [-0.4, -0.2) is 30.8 Å². The van der Waals surface area contributed by atoms with Crippen LogP contribution in [0.5, 0.6) is 5.75 Å². The minimum Gasteiger partial charge on any atom is -0.496 e. The summed E-state index contributed by atoms with van der Waals surface area (Å²) in [5.41, 5.74) is 2.18. The van der Waals surface area contributed by atoms with Crippen LogP contribution in [0, 0.1) is 6.92 Å². The van der Waals surface area contributed by atoms with Gasteiger partial charge in [0.25, 0.3) is 0 Å². The van der Waals surface area contributed by atoms with Crippen LogP contribution >= 0.6 is 0 Å².